The van der Waals surface area contributed by atoms with Crippen LogP contribution in [-0.2, 0) is 11.2 Å². The molecule has 0 unspecified atom stereocenters. The number of furan rings is 1. The average molecular weight is 351 g/mol. The summed E-state index contributed by atoms with van der Waals surface area (Å²) >= 11 is 3.34. The first-order valence-electron chi connectivity index (χ1n) is 6.48. The molecule has 5 nitrogen and oxygen atoms in total. The van der Waals surface area contributed by atoms with E-state index in [-0.39, 0.29) is 17.6 Å². The molecule has 0 spiro atoms. The first kappa shape index (κ1) is 15.3. The van der Waals surface area contributed by atoms with E-state index < -0.39 is 0 Å². The summed E-state index contributed by atoms with van der Waals surface area (Å²) < 4.78 is 5.94. The zero-order valence-electron chi connectivity index (χ0n) is 11.3. The van der Waals surface area contributed by atoms with E-state index in [9.17, 15) is 9.59 Å². The zero-order chi connectivity index (χ0) is 15.1. The van der Waals surface area contributed by atoms with Gasteiger partial charge in [0.05, 0.1) is 12.7 Å². The van der Waals surface area contributed by atoms with Gasteiger partial charge < -0.3 is 15.1 Å². The van der Waals surface area contributed by atoms with Crippen molar-refractivity contribution in [2.24, 2.45) is 0 Å². The average Bonchev–Trinajstić information content (AvgIpc) is 3.00. The zero-order valence-corrected chi connectivity index (χ0v) is 12.9. The maximum atomic E-state index is 11.7. The molecule has 110 valence electrons. The van der Waals surface area contributed by atoms with Crippen LogP contribution in [0.3, 0.4) is 0 Å². The van der Waals surface area contributed by atoms with Gasteiger partial charge in [-0.2, -0.15) is 0 Å². The molecule has 0 radical (unpaired) electrons. The molecule has 1 aromatic carbocycles. The Labute approximate surface area is 130 Å². The van der Waals surface area contributed by atoms with Gasteiger partial charge in [-0.1, -0.05) is 28.1 Å². The molecule has 2 rings (SSSR count). The first-order chi connectivity index (χ1) is 10.1. The Kier molecular flexibility index (Phi) is 5.57. The quantitative estimate of drug-likeness (QED) is 0.784. The van der Waals surface area contributed by atoms with Crippen LogP contribution in [0.1, 0.15) is 16.1 Å². The highest BCUT2D eigenvalue weighted by Gasteiger charge is 2.07. The predicted molar refractivity (Wildman–Crippen MR) is 81.9 cm³/mol. The number of carbonyl (C=O) groups is 2. The molecule has 0 fully saturated rings. The fourth-order valence-corrected chi connectivity index (χ4v) is 1.99. The van der Waals surface area contributed by atoms with Crippen molar-refractivity contribution in [2.75, 3.05) is 13.1 Å². The minimum Gasteiger partial charge on any atom is -0.459 e. The third-order valence-corrected chi connectivity index (χ3v) is 3.28. The van der Waals surface area contributed by atoms with Crippen LogP contribution in [0.2, 0.25) is 0 Å². The molecular formula is C15H15BrN2O3. The van der Waals surface area contributed by atoms with Crippen LogP contribution in [0.15, 0.2) is 51.6 Å². The number of carbonyl (C=O) groups excluding carboxylic acids is 2. The summed E-state index contributed by atoms with van der Waals surface area (Å²) in [4.78, 5) is 23.3. The summed E-state index contributed by atoms with van der Waals surface area (Å²) in [6, 6.07) is 10.8. The molecule has 0 saturated heterocycles. The minimum atomic E-state index is -0.290. The Morgan fingerprint density at radius 1 is 1.05 bits per heavy atom. The summed E-state index contributed by atoms with van der Waals surface area (Å²) in [7, 11) is 0. The van der Waals surface area contributed by atoms with Crippen LogP contribution in [0, 0.1) is 0 Å². The van der Waals surface area contributed by atoms with Crippen LogP contribution >= 0.6 is 15.9 Å². The lowest BCUT2D eigenvalue weighted by Gasteiger charge is -2.06. The van der Waals surface area contributed by atoms with E-state index in [1.807, 2.05) is 24.3 Å². The molecule has 6 heteroatoms. The van der Waals surface area contributed by atoms with Gasteiger partial charge in [-0.05, 0) is 29.8 Å². The number of hydrogen-bond acceptors (Lipinski definition) is 3. The van der Waals surface area contributed by atoms with Crippen LogP contribution in [0.4, 0.5) is 0 Å². The molecule has 0 atom stereocenters. The maximum absolute atomic E-state index is 11.7. The van der Waals surface area contributed by atoms with Gasteiger partial charge in [-0.15, -0.1) is 0 Å². The Hall–Kier alpha value is -2.08. The lowest BCUT2D eigenvalue weighted by Crippen LogP contribution is -2.35. The fraction of sp³-hybridized carbons (Fsp3) is 0.200. The van der Waals surface area contributed by atoms with Gasteiger partial charge in [0.25, 0.3) is 5.91 Å². The molecule has 21 heavy (non-hydrogen) atoms. The van der Waals surface area contributed by atoms with E-state index in [0.29, 0.717) is 19.5 Å². The molecule has 2 N–H and O–H groups in total. The summed E-state index contributed by atoms with van der Waals surface area (Å²) in [6.07, 6.45) is 1.76. The highest BCUT2D eigenvalue weighted by molar-refractivity contribution is 9.10. The van der Waals surface area contributed by atoms with E-state index in [1.165, 1.54) is 6.26 Å². The van der Waals surface area contributed by atoms with Gasteiger partial charge in [-0.3, -0.25) is 9.59 Å². The fourth-order valence-electron chi connectivity index (χ4n) is 1.72. The third kappa shape index (κ3) is 5.07. The lowest BCUT2D eigenvalue weighted by molar-refractivity contribution is -0.120. The van der Waals surface area contributed by atoms with Crippen molar-refractivity contribution < 1.29 is 14.0 Å². The lowest BCUT2D eigenvalue weighted by atomic mass is 10.1. The summed E-state index contributed by atoms with van der Waals surface area (Å²) in [5.41, 5.74) is 0.940. The number of halogens is 1. The van der Waals surface area contributed by atoms with Crippen LogP contribution in [-0.4, -0.2) is 24.9 Å². The topological polar surface area (TPSA) is 71.3 Å². The summed E-state index contributed by atoms with van der Waals surface area (Å²) in [6.45, 7) is 0.730. The number of benzene rings is 1. The minimum absolute atomic E-state index is 0.0791. The Morgan fingerprint density at radius 2 is 1.76 bits per heavy atom. The summed E-state index contributed by atoms with van der Waals surface area (Å²) in [5.74, 6) is -0.108. The normalized spacial score (nSPS) is 10.1. The van der Waals surface area contributed by atoms with E-state index >= 15 is 0 Å². The largest absolute Gasteiger partial charge is 0.459 e. The molecular weight excluding hydrogens is 336 g/mol. The Balaban J connectivity index is 1.65. The number of rotatable bonds is 6. The molecule has 1 heterocycles. The molecule has 0 saturated carbocycles. The van der Waals surface area contributed by atoms with Crippen molar-refractivity contribution >= 4 is 27.7 Å². The molecule has 0 bridgehead atoms. The van der Waals surface area contributed by atoms with E-state index in [4.69, 9.17) is 4.42 Å². The molecule has 0 aliphatic carbocycles. The van der Waals surface area contributed by atoms with E-state index in [2.05, 4.69) is 26.6 Å². The van der Waals surface area contributed by atoms with Gasteiger partial charge in [0.1, 0.15) is 0 Å². The van der Waals surface area contributed by atoms with Gasteiger partial charge in [-0.25, -0.2) is 0 Å². The standard InChI is InChI=1S/C15H15BrN2O3/c16-12-5-3-11(4-6-12)10-14(19)17-7-8-18-15(20)13-2-1-9-21-13/h1-6,9H,7-8,10H2,(H,17,19)(H,18,20). The predicted octanol–water partition coefficient (Wildman–Crippen LogP) is 2.13. The van der Waals surface area contributed by atoms with E-state index in [0.717, 1.165) is 10.0 Å². The molecule has 2 amide bonds. The van der Waals surface area contributed by atoms with E-state index in [1.54, 1.807) is 12.1 Å². The Morgan fingerprint density at radius 3 is 2.43 bits per heavy atom. The van der Waals surface area contributed by atoms with Crippen molar-refractivity contribution in [3.05, 3.63) is 58.5 Å². The molecule has 2 aromatic rings. The molecule has 1 aromatic heterocycles. The smallest absolute Gasteiger partial charge is 0.287 e. The van der Waals surface area contributed by atoms with Gasteiger partial charge in [0.2, 0.25) is 5.91 Å². The number of amides is 2. The SMILES string of the molecule is O=C(Cc1ccc(Br)cc1)NCCNC(=O)c1ccco1. The van der Waals surface area contributed by atoms with Crippen LogP contribution in [0.5, 0.6) is 0 Å². The number of hydrogen-bond donors (Lipinski definition) is 2. The van der Waals surface area contributed by atoms with Crippen molar-refractivity contribution in [1.29, 1.82) is 0 Å². The monoisotopic (exact) mass is 350 g/mol. The first-order valence-corrected chi connectivity index (χ1v) is 7.27. The van der Waals surface area contributed by atoms with Crippen molar-refractivity contribution in [2.45, 2.75) is 6.42 Å². The second kappa shape index (κ2) is 7.64. The van der Waals surface area contributed by atoms with Crippen molar-refractivity contribution in [1.82, 2.24) is 10.6 Å². The van der Waals surface area contributed by atoms with Crippen LogP contribution < -0.4 is 10.6 Å². The number of nitrogens with one attached hydrogen (secondary N) is 2. The highest BCUT2D eigenvalue weighted by Crippen LogP contribution is 2.10. The Bertz CT molecular complexity index is 594. The highest BCUT2D eigenvalue weighted by atomic mass is 79.9. The van der Waals surface area contributed by atoms with Crippen molar-refractivity contribution in [3.8, 4) is 0 Å². The maximum Gasteiger partial charge on any atom is 0.287 e. The molecule has 0 aliphatic heterocycles. The van der Waals surface area contributed by atoms with Gasteiger partial charge in [0.15, 0.2) is 5.76 Å². The van der Waals surface area contributed by atoms with Gasteiger partial charge in [0, 0.05) is 17.6 Å². The van der Waals surface area contributed by atoms with Gasteiger partial charge >= 0.3 is 0 Å². The molecule has 0 aliphatic rings. The third-order valence-electron chi connectivity index (χ3n) is 2.76. The van der Waals surface area contributed by atoms with Crippen molar-refractivity contribution in [3.63, 3.8) is 0 Å². The summed E-state index contributed by atoms with van der Waals surface area (Å²) in [5, 5.41) is 5.41. The second-order valence-electron chi connectivity index (χ2n) is 4.39. The van der Waals surface area contributed by atoms with Crippen LogP contribution in [0.25, 0.3) is 0 Å². The second-order valence-corrected chi connectivity index (χ2v) is 5.30.